The lowest BCUT2D eigenvalue weighted by Gasteiger charge is -2.61. The molecule has 1 N–H and O–H groups in total. The second-order valence-electron chi connectivity index (χ2n) is 10.2. The fraction of sp³-hybridized carbons (Fsp3) is 0.952. The van der Waals surface area contributed by atoms with Crippen LogP contribution in [0, 0.1) is 34.5 Å². The fourth-order valence-corrected chi connectivity index (χ4v) is 8.30. The van der Waals surface area contributed by atoms with Crippen molar-refractivity contribution in [2.75, 3.05) is 0 Å². The Bertz CT molecular complexity index is 588. The Balaban J connectivity index is 1.47. The normalized spacial score (nSPS) is 61.3. The molecular formula is C21H32O3. The summed E-state index contributed by atoms with van der Waals surface area (Å²) >= 11 is 0. The monoisotopic (exact) mass is 332 g/mol. The van der Waals surface area contributed by atoms with E-state index in [1.54, 1.807) is 6.92 Å². The summed E-state index contributed by atoms with van der Waals surface area (Å²) in [6, 6.07) is 0. The third kappa shape index (κ3) is 1.65. The highest BCUT2D eigenvalue weighted by Crippen LogP contribution is 2.73. The molecule has 0 aromatic heterocycles. The lowest BCUT2D eigenvalue weighted by Crippen LogP contribution is -2.56. The Morgan fingerprint density at radius 1 is 1.04 bits per heavy atom. The average Bonchev–Trinajstić information content (AvgIpc) is 3.21. The number of fused-ring (bicyclic) bond motifs is 7. The molecule has 3 heteroatoms. The van der Waals surface area contributed by atoms with E-state index in [0.29, 0.717) is 17.3 Å². The smallest absolute Gasteiger partial charge is 0.164 e. The van der Waals surface area contributed by atoms with E-state index in [0.717, 1.165) is 37.5 Å². The minimum atomic E-state index is -0.427. The topological polar surface area (TPSA) is 49.8 Å². The van der Waals surface area contributed by atoms with Gasteiger partial charge in [0.15, 0.2) is 11.4 Å². The van der Waals surface area contributed by atoms with Crippen LogP contribution in [0.4, 0.5) is 0 Å². The van der Waals surface area contributed by atoms with Gasteiger partial charge in [0.2, 0.25) is 0 Å². The summed E-state index contributed by atoms with van der Waals surface area (Å²) in [4.78, 5) is 12.4. The van der Waals surface area contributed by atoms with Crippen LogP contribution >= 0.6 is 0 Å². The van der Waals surface area contributed by atoms with Crippen LogP contribution < -0.4 is 0 Å². The van der Waals surface area contributed by atoms with Crippen LogP contribution in [0.2, 0.25) is 0 Å². The van der Waals surface area contributed by atoms with Crippen molar-refractivity contribution in [1.29, 1.82) is 0 Å². The summed E-state index contributed by atoms with van der Waals surface area (Å²) in [6.45, 7) is 6.64. The first-order chi connectivity index (χ1) is 11.3. The zero-order valence-electron chi connectivity index (χ0n) is 15.4. The van der Waals surface area contributed by atoms with E-state index in [2.05, 4.69) is 13.8 Å². The van der Waals surface area contributed by atoms with Crippen molar-refractivity contribution in [1.82, 2.24) is 0 Å². The van der Waals surface area contributed by atoms with E-state index in [1.165, 1.54) is 25.7 Å². The molecule has 134 valence electrons. The molecule has 0 aromatic carbocycles. The maximum absolute atomic E-state index is 12.4. The second-order valence-corrected chi connectivity index (χ2v) is 10.2. The molecule has 5 fully saturated rings. The second kappa shape index (κ2) is 4.65. The van der Waals surface area contributed by atoms with Gasteiger partial charge in [-0.25, -0.2) is 0 Å². The average molecular weight is 332 g/mol. The molecule has 4 aliphatic carbocycles. The minimum absolute atomic E-state index is 0.0676. The molecule has 0 aromatic rings. The highest BCUT2D eigenvalue weighted by atomic mass is 16.6. The molecule has 4 saturated carbocycles. The molecule has 3 nitrogen and oxygen atoms in total. The van der Waals surface area contributed by atoms with Gasteiger partial charge >= 0.3 is 0 Å². The minimum Gasteiger partial charge on any atom is -0.393 e. The van der Waals surface area contributed by atoms with Crippen LogP contribution in [0.3, 0.4) is 0 Å². The molecule has 1 saturated heterocycles. The maximum Gasteiger partial charge on any atom is 0.164 e. The predicted octanol–water partition coefficient (Wildman–Crippen LogP) is 3.73. The lowest BCUT2D eigenvalue weighted by molar-refractivity contribution is -0.151. The number of aliphatic hydroxyl groups is 1. The molecule has 24 heavy (non-hydrogen) atoms. The summed E-state index contributed by atoms with van der Waals surface area (Å²) in [5.41, 5.74) is 0.0612. The van der Waals surface area contributed by atoms with Gasteiger partial charge in [0.25, 0.3) is 0 Å². The molecular weight excluding hydrogens is 300 g/mol. The van der Waals surface area contributed by atoms with Crippen molar-refractivity contribution in [3.63, 3.8) is 0 Å². The van der Waals surface area contributed by atoms with E-state index < -0.39 is 5.60 Å². The Morgan fingerprint density at radius 3 is 2.58 bits per heavy atom. The number of carbonyl (C=O) groups excluding carboxylic acids is 1. The van der Waals surface area contributed by atoms with Gasteiger partial charge in [-0.3, -0.25) is 4.79 Å². The van der Waals surface area contributed by atoms with Gasteiger partial charge in [-0.15, -0.1) is 0 Å². The van der Waals surface area contributed by atoms with Crippen molar-refractivity contribution >= 4 is 5.78 Å². The van der Waals surface area contributed by atoms with Gasteiger partial charge in [0, 0.05) is 5.41 Å². The molecule has 9 atom stereocenters. The van der Waals surface area contributed by atoms with E-state index in [4.69, 9.17) is 4.74 Å². The van der Waals surface area contributed by atoms with Gasteiger partial charge in [-0.2, -0.15) is 0 Å². The van der Waals surface area contributed by atoms with Crippen molar-refractivity contribution < 1.29 is 14.6 Å². The standard InChI is InChI=1S/C21H32O3/c1-12(22)21-18(24-21)11-17-15-5-4-13-10-14(23)6-8-19(13,2)16(15)7-9-20(17,21)3/h13-18,23H,4-11H2,1-3H3/t13-,14?,15?,16?,17?,18+,19?,20?,21+/m0/s1. The summed E-state index contributed by atoms with van der Waals surface area (Å²) < 4.78 is 6.02. The van der Waals surface area contributed by atoms with Crippen LogP contribution in [-0.2, 0) is 9.53 Å². The first-order valence-electron chi connectivity index (χ1n) is 10.2. The van der Waals surface area contributed by atoms with Crippen LogP contribution in [0.25, 0.3) is 0 Å². The third-order valence-corrected chi connectivity index (χ3v) is 9.59. The zero-order valence-corrected chi connectivity index (χ0v) is 15.4. The summed E-state index contributed by atoms with van der Waals surface area (Å²) in [5, 5.41) is 10.1. The first kappa shape index (κ1) is 15.8. The van der Waals surface area contributed by atoms with Crippen LogP contribution in [-0.4, -0.2) is 28.7 Å². The Hall–Kier alpha value is -0.410. The van der Waals surface area contributed by atoms with Crippen LogP contribution in [0.1, 0.15) is 72.1 Å². The Labute approximate surface area is 145 Å². The number of epoxide rings is 1. The quantitative estimate of drug-likeness (QED) is 0.745. The fourth-order valence-electron chi connectivity index (χ4n) is 8.30. The molecule has 0 radical (unpaired) electrons. The molecule has 6 unspecified atom stereocenters. The molecule has 0 bridgehead atoms. The predicted molar refractivity (Wildman–Crippen MR) is 91.4 cm³/mol. The highest BCUT2D eigenvalue weighted by Gasteiger charge is 2.79. The molecule has 5 aliphatic rings. The number of carbonyl (C=O) groups is 1. The molecule has 5 rings (SSSR count). The number of rotatable bonds is 1. The molecule has 1 aliphatic heterocycles. The third-order valence-electron chi connectivity index (χ3n) is 9.59. The largest absolute Gasteiger partial charge is 0.393 e. The number of hydrogen-bond donors (Lipinski definition) is 1. The van der Waals surface area contributed by atoms with Gasteiger partial charge in [0.05, 0.1) is 12.2 Å². The molecule has 0 spiro atoms. The first-order valence-corrected chi connectivity index (χ1v) is 10.2. The summed E-state index contributed by atoms with van der Waals surface area (Å²) in [6.07, 6.45) is 9.45. The van der Waals surface area contributed by atoms with Gasteiger partial charge < -0.3 is 9.84 Å². The lowest BCUT2D eigenvalue weighted by atomic mass is 9.44. The maximum atomic E-state index is 12.4. The van der Waals surface area contributed by atoms with E-state index in [-0.39, 0.29) is 23.4 Å². The number of aliphatic hydroxyl groups excluding tert-OH is 1. The van der Waals surface area contributed by atoms with Crippen LogP contribution in [0.5, 0.6) is 0 Å². The van der Waals surface area contributed by atoms with Crippen molar-refractivity contribution in [2.24, 2.45) is 34.5 Å². The van der Waals surface area contributed by atoms with E-state index in [1.807, 2.05) is 0 Å². The van der Waals surface area contributed by atoms with Crippen molar-refractivity contribution in [3.8, 4) is 0 Å². The number of ether oxygens (including phenoxy) is 1. The van der Waals surface area contributed by atoms with Crippen molar-refractivity contribution in [3.05, 3.63) is 0 Å². The van der Waals surface area contributed by atoms with Gasteiger partial charge in [-0.05, 0) is 87.4 Å². The highest BCUT2D eigenvalue weighted by molar-refractivity contribution is 5.90. The summed E-state index contributed by atoms with van der Waals surface area (Å²) in [7, 11) is 0. The Morgan fingerprint density at radius 2 is 1.83 bits per heavy atom. The van der Waals surface area contributed by atoms with Gasteiger partial charge in [-0.1, -0.05) is 13.8 Å². The number of Topliss-reactive ketones (excluding diaryl/α,β-unsaturated/α-hetero) is 1. The van der Waals surface area contributed by atoms with Gasteiger partial charge in [0.1, 0.15) is 0 Å². The van der Waals surface area contributed by atoms with E-state index >= 15 is 0 Å². The van der Waals surface area contributed by atoms with Crippen molar-refractivity contribution in [2.45, 2.75) is 89.9 Å². The summed E-state index contributed by atoms with van der Waals surface area (Å²) in [5.74, 6) is 3.22. The van der Waals surface area contributed by atoms with Crippen LogP contribution in [0.15, 0.2) is 0 Å². The molecule has 1 heterocycles. The Kier molecular flexibility index (Phi) is 3.06. The number of ketones is 1. The SMILES string of the molecule is CC(=O)[C@@]12O[C@@H]1CC1C3CC[C@H]4CC(O)CCC4(C)C3CCC12C. The van der Waals surface area contributed by atoms with E-state index in [9.17, 15) is 9.90 Å². The number of hydrogen-bond acceptors (Lipinski definition) is 3. The zero-order chi connectivity index (χ0) is 16.9. The molecule has 0 amide bonds.